The molecule has 0 aliphatic carbocycles. The highest BCUT2D eigenvalue weighted by Crippen LogP contribution is 3.04. The normalized spacial score (nSPS) is 27.9. The standard InChI is InChI=1S/C14H14OP2S4/c1-11-3-7-13(8-4-11)16(18)20-17(19,21-16)14-9-5-12(15-2)6-10-14/h3-10H,1-2H3. The van der Waals surface area contributed by atoms with E-state index in [1.54, 1.807) is 7.11 Å². The molecule has 0 radical (unpaired) electrons. The Morgan fingerprint density at radius 1 is 0.810 bits per heavy atom. The summed E-state index contributed by atoms with van der Waals surface area (Å²) in [6, 6.07) is 16.8. The zero-order valence-corrected chi connectivity index (χ0v) is 16.6. The van der Waals surface area contributed by atoms with Crippen LogP contribution < -0.4 is 15.3 Å². The van der Waals surface area contributed by atoms with Crippen molar-refractivity contribution >= 4 is 65.1 Å². The SMILES string of the molecule is COc1ccc(P2(=S)SP(=S)(c3ccc(C)cc3)S2)cc1. The monoisotopic (exact) mass is 388 g/mol. The van der Waals surface area contributed by atoms with Crippen molar-refractivity contribution in [3.63, 3.8) is 0 Å². The molecular weight excluding hydrogens is 374 g/mol. The molecule has 1 heterocycles. The molecular formula is C14H14OP2S4. The molecule has 1 saturated heterocycles. The van der Waals surface area contributed by atoms with Gasteiger partial charge in [-0.05, 0) is 31.2 Å². The van der Waals surface area contributed by atoms with Crippen LogP contribution in [0.15, 0.2) is 48.5 Å². The molecule has 0 saturated carbocycles. The first-order valence-corrected chi connectivity index (χ1v) is 16.0. The number of hydrogen-bond donors (Lipinski definition) is 0. The van der Waals surface area contributed by atoms with Crippen molar-refractivity contribution in [3.05, 3.63) is 54.1 Å². The van der Waals surface area contributed by atoms with Gasteiger partial charge in [-0.3, -0.25) is 0 Å². The van der Waals surface area contributed by atoms with Crippen molar-refractivity contribution in [1.82, 2.24) is 0 Å². The summed E-state index contributed by atoms with van der Waals surface area (Å²) in [5, 5.41) is 2.52. The van der Waals surface area contributed by atoms with Gasteiger partial charge in [0.15, 0.2) is 0 Å². The number of aryl methyl sites for hydroxylation is 1. The van der Waals surface area contributed by atoms with E-state index in [0.717, 1.165) is 5.75 Å². The molecule has 0 atom stereocenters. The summed E-state index contributed by atoms with van der Waals surface area (Å²) in [6.07, 6.45) is 0. The average Bonchev–Trinajstić information content (AvgIpc) is 2.46. The van der Waals surface area contributed by atoms with Gasteiger partial charge >= 0.3 is 0 Å². The lowest BCUT2D eigenvalue weighted by Crippen LogP contribution is -2.09. The summed E-state index contributed by atoms with van der Waals surface area (Å²) in [6.45, 7) is 2.10. The number of methoxy groups -OCH3 is 1. The largest absolute Gasteiger partial charge is 0.497 e. The molecule has 7 heteroatoms. The third-order valence-corrected chi connectivity index (χ3v) is 34.4. The minimum Gasteiger partial charge on any atom is -0.497 e. The summed E-state index contributed by atoms with van der Waals surface area (Å²) in [5.41, 5.74) is 1.27. The zero-order valence-electron chi connectivity index (χ0n) is 11.6. The van der Waals surface area contributed by atoms with E-state index >= 15 is 0 Å². The molecule has 0 bridgehead atoms. The van der Waals surface area contributed by atoms with Crippen LogP contribution in [0.1, 0.15) is 5.56 Å². The van der Waals surface area contributed by atoms with E-state index in [0.29, 0.717) is 0 Å². The lowest BCUT2D eigenvalue weighted by atomic mass is 10.2. The van der Waals surface area contributed by atoms with Gasteiger partial charge < -0.3 is 4.74 Å². The van der Waals surface area contributed by atoms with Crippen LogP contribution in [0.3, 0.4) is 0 Å². The van der Waals surface area contributed by atoms with E-state index in [4.69, 9.17) is 28.4 Å². The Morgan fingerprint density at radius 2 is 1.24 bits per heavy atom. The van der Waals surface area contributed by atoms with Gasteiger partial charge in [0.05, 0.1) is 16.0 Å². The van der Waals surface area contributed by atoms with Gasteiger partial charge in [-0.1, -0.05) is 75.4 Å². The van der Waals surface area contributed by atoms with Crippen molar-refractivity contribution in [1.29, 1.82) is 0 Å². The number of rotatable bonds is 3. The summed E-state index contributed by atoms with van der Waals surface area (Å²) in [4.78, 5) is 0. The Labute approximate surface area is 143 Å². The maximum absolute atomic E-state index is 5.91. The molecule has 0 aromatic heterocycles. The van der Waals surface area contributed by atoms with E-state index in [1.165, 1.54) is 16.2 Å². The lowest BCUT2D eigenvalue weighted by Gasteiger charge is -2.40. The Bertz CT molecular complexity index is 742. The molecule has 21 heavy (non-hydrogen) atoms. The first-order valence-electron chi connectivity index (χ1n) is 6.30. The van der Waals surface area contributed by atoms with Crippen molar-refractivity contribution in [2.24, 2.45) is 0 Å². The number of hydrogen-bond acceptors (Lipinski definition) is 5. The minimum absolute atomic E-state index is 0.869. The molecule has 2 aromatic rings. The second-order valence-electron chi connectivity index (χ2n) is 4.69. The summed E-state index contributed by atoms with van der Waals surface area (Å²) in [5.74, 6) is 0.869. The van der Waals surface area contributed by atoms with E-state index in [-0.39, 0.29) is 0 Å². The van der Waals surface area contributed by atoms with E-state index in [9.17, 15) is 0 Å². The predicted octanol–water partition coefficient (Wildman–Crippen LogP) is 5.05. The Morgan fingerprint density at radius 3 is 1.67 bits per heavy atom. The maximum Gasteiger partial charge on any atom is 0.118 e. The summed E-state index contributed by atoms with van der Waals surface area (Å²) in [7, 11) is 1.68. The van der Waals surface area contributed by atoms with Crippen LogP contribution in [0.2, 0.25) is 0 Å². The third kappa shape index (κ3) is 3.15. The van der Waals surface area contributed by atoms with Crippen molar-refractivity contribution in [2.75, 3.05) is 7.11 Å². The van der Waals surface area contributed by atoms with E-state index < -0.39 is 8.88 Å². The quantitative estimate of drug-likeness (QED) is 0.678. The van der Waals surface area contributed by atoms with Crippen LogP contribution in [-0.2, 0) is 23.6 Å². The molecule has 1 aliphatic rings. The third-order valence-electron chi connectivity index (χ3n) is 3.17. The smallest absolute Gasteiger partial charge is 0.118 e. The van der Waals surface area contributed by atoms with Crippen molar-refractivity contribution < 1.29 is 4.74 Å². The molecule has 1 aliphatic heterocycles. The van der Waals surface area contributed by atoms with E-state index in [2.05, 4.69) is 43.3 Å². The van der Waals surface area contributed by atoms with Gasteiger partial charge in [-0.15, -0.1) is 0 Å². The zero-order chi connectivity index (χ0) is 15.1. The van der Waals surface area contributed by atoms with Crippen LogP contribution in [0.25, 0.3) is 0 Å². The van der Waals surface area contributed by atoms with Gasteiger partial charge in [0.2, 0.25) is 0 Å². The summed E-state index contributed by atoms with van der Waals surface area (Å²) >= 11 is 15.6. The molecule has 1 nitrogen and oxygen atoms in total. The fraction of sp³-hybridized carbons (Fsp3) is 0.143. The maximum atomic E-state index is 5.91. The molecule has 0 amide bonds. The second-order valence-corrected chi connectivity index (χ2v) is 26.0. The van der Waals surface area contributed by atoms with Crippen LogP contribution in [-0.4, -0.2) is 7.11 Å². The van der Waals surface area contributed by atoms with Crippen LogP contribution in [0.5, 0.6) is 5.75 Å². The van der Waals surface area contributed by atoms with Crippen LogP contribution in [0.4, 0.5) is 0 Å². The molecule has 0 spiro atoms. The first-order chi connectivity index (χ1) is 9.95. The average molecular weight is 388 g/mol. The van der Waals surface area contributed by atoms with E-state index in [1.807, 2.05) is 34.1 Å². The van der Waals surface area contributed by atoms with Gasteiger partial charge in [-0.2, -0.15) is 0 Å². The van der Waals surface area contributed by atoms with Gasteiger partial charge in [0, 0.05) is 10.6 Å². The van der Waals surface area contributed by atoms with Gasteiger partial charge in [-0.25, -0.2) is 0 Å². The topological polar surface area (TPSA) is 9.23 Å². The predicted molar refractivity (Wildman–Crippen MR) is 107 cm³/mol. The molecule has 110 valence electrons. The highest BCUT2D eigenvalue weighted by molar-refractivity contribution is 9.48. The van der Waals surface area contributed by atoms with Gasteiger partial charge in [0.1, 0.15) is 5.75 Å². The van der Waals surface area contributed by atoms with Crippen molar-refractivity contribution in [2.45, 2.75) is 6.92 Å². The van der Waals surface area contributed by atoms with Crippen LogP contribution >= 0.6 is 30.9 Å². The van der Waals surface area contributed by atoms with Crippen molar-refractivity contribution in [3.8, 4) is 5.75 Å². The molecule has 3 rings (SSSR count). The fourth-order valence-corrected chi connectivity index (χ4v) is 44.2. The molecule has 2 aromatic carbocycles. The van der Waals surface area contributed by atoms with Crippen LogP contribution in [0, 0.1) is 6.92 Å². The lowest BCUT2D eigenvalue weighted by molar-refractivity contribution is 0.415. The number of benzene rings is 2. The molecule has 0 N–H and O–H groups in total. The molecule has 1 fully saturated rings. The first kappa shape index (κ1) is 16.1. The summed E-state index contributed by atoms with van der Waals surface area (Å²) < 4.78 is 2.00. The fourth-order valence-electron chi connectivity index (χ4n) is 1.97. The molecule has 0 unspecified atom stereocenters. The number of ether oxygens (including phenoxy) is 1. The highest BCUT2D eigenvalue weighted by Gasteiger charge is 2.45. The Hall–Kier alpha value is 0.240. The minimum atomic E-state index is -1.62. The highest BCUT2D eigenvalue weighted by atomic mass is 33.7. The van der Waals surface area contributed by atoms with Gasteiger partial charge in [0.25, 0.3) is 0 Å². The Balaban J connectivity index is 1.83. The Kier molecular flexibility index (Phi) is 4.63. The second kappa shape index (κ2) is 6.03.